The van der Waals surface area contributed by atoms with Gasteiger partial charge >= 0.3 is 0 Å². The molecule has 1 aromatic carbocycles. The van der Waals surface area contributed by atoms with Crippen LogP contribution in [0.15, 0.2) is 30.3 Å². The fourth-order valence-electron chi connectivity index (χ4n) is 0.818. The average Bonchev–Trinajstić information content (AvgIpc) is 2.28. The molecule has 1 aliphatic heterocycles. The molecule has 6 heteroatoms. The minimum absolute atomic E-state index is 0.137. The number of hydrogen-bond acceptors (Lipinski definition) is 5. The highest BCUT2D eigenvalue weighted by molar-refractivity contribution is 5.27. The zero-order valence-electron chi connectivity index (χ0n) is 7.81. The van der Waals surface area contributed by atoms with Crippen molar-refractivity contribution < 1.29 is 19.9 Å². The summed E-state index contributed by atoms with van der Waals surface area (Å²) in [7, 11) is 0. The standard InChI is InChI=1S/C6H5NO2.C3H6O3/c8-7(9)6-4-2-1-3-5-6;4-2-1-6-3(2)5/h1-5H;2-5H,1H2. The molecule has 0 aromatic heterocycles. The van der Waals surface area contributed by atoms with E-state index in [0.29, 0.717) is 0 Å². The molecule has 82 valence electrons. The highest BCUT2D eigenvalue weighted by Crippen LogP contribution is 2.07. The second-order valence-corrected chi connectivity index (χ2v) is 2.88. The molecule has 0 saturated carbocycles. The first-order valence-corrected chi connectivity index (χ1v) is 4.28. The van der Waals surface area contributed by atoms with Crippen molar-refractivity contribution in [2.45, 2.75) is 12.4 Å². The van der Waals surface area contributed by atoms with E-state index >= 15 is 0 Å². The van der Waals surface area contributed by atoms with Crippen LogP contribution < -0.4 is 0 Å². The molecule has 0 radical (unpaired) electrons. The van der Waals surface area contributed by atoms with Gasteiger partial charge in [-0.05, 0) is 0 Å². The Kier molecular flexibility index (Phi) is 4.17. The second-order valence-electron chi connectivity index (χ2n) is 2.88. The summed E-state index contributed by atoms with van der Waals surface area (Å²) in [6.07, 6.45) is -1.55. The van der Waals surface area contributed by atoms with Crippen molar-refractivity contribution in [3.8, 4) is 0 Å². The monoisotopic (exact) mass is 213 g/mol. The van der Waals surface area contributed by atoms with E-state index in [2.05, 4.69) is 4.74 Å². The number of nitro groups is 1. The Bertz CT molecular complexity index is 308. The molecule has 0 amide bonds. The number of benzene rings is 1. The van der Waals surface area contributed by atoms with Crippen LogP contribution in [0, 0.1) is 10.1 Å². The summed E-state index contributed by atoms with van der Waals surface area (Å²) in [6, 6.07) is 7.93. The summed E-state index contributed by atoms with van der Waals surface area (Å²) in [5, 5.41) is 26.6. The molecule has 0 aliphatic carbocycles. The molecule has 1 saturated heterocycles. The normalized spacial score (nSPS) is 23.3. The quantitative estimate of drug-likeness (QED) is 0.516. The lowest BCUT2D eigenvalue weighted by Crippen LogP contribution is -2.44. The summed E-state index contributed by atoms with van der Waals surface area (Å²) >= 11 is 0. The van der Waals surface area contributed by atoms with Crippen LogP contribution in [0.4, 0.5) is 5.69 Å². The molecule has 1 aromatic rings. The number of nitro benzene ring substituents is 1. The number of aliphatic hydroxyl groups is 2. The van der Waals surface area contributed by atoms with Gasteiger partial charge in [0, 0.05) is 12.1 Å². The van der Waals surface area contributed by atoms with Gasteiger partial charge in [0.05, 0.1) is 11.5 Å². The maximum Gasteiger partial charge on any atom is 0.269 e. The van der Waals surface area contributed by atoms with E-state index in [0.717, 1.165) is 0 Å². The van der Waals surface area contributed by atoms with Gasteiger partial charge in [0.1, 0.15) is 6.10 Å². The summed E-state index contributed by atoms with van der Waals surface area (Å²) < 4.78 is 4.35. The van der Waals surface area contributed by atoms with Gasteiger partial charge in [-0.2, -0.15) is 0 Å². The van der Waals surface area contributed by atoms with E-state index in [1.807, 2.05) is 0 Å². The van der Waals surface area contributed by atoms with E-state index in [1.54, 1.807) is 18.2 Å². The minimum Gasteiger partial charge on any atom is -0.385 e. The van der Waals surface area contributed by atoms with Gasteiger partial charge in [0.25, 0.3) is 5.69 Å². The maximum atomic E-state index is 10.0. The zero-order valence-corrected chi connectivity index (χ0v) is 7.81. The van der Waals surface area contributed by atoms with Gasteiger partial charge in [0.15, 0.2) is 6.29 Å². The lowest BCUT2D eigenvalue weighted by atomic mass is 10.3. The van der Waals surface area contributed by atoms with Crippen LogP contribution >= 0.6 is 0 Å². The summed E-state index contributed by atoms with van der Waals surface area (Å²) in [6.45, 7) is 0.279. The first-order chi connectivity index (χ1) is 7.11. The largest absolute Gasteiger partial charge is 0.385 e. The summed E-state index contributed by atoms with van der Waals surface area (Å²) in [4.78, 5) is 9.59. The van der Waals surface area contributed by atoms with Crippen LogP contribution in [0.1, 0.15) is 0 Å². The number of para-hydroxylation sites is 1. The maximum absolute atomic E-state index is 10.0. The van der Waals surface area contributed by atoms with Crippen LogP contribution in [0.2, 0.25) is 0 Å². The molecule has 1 heterocycles. The van der Waals surface area contributed by atoms with Crippen LogP contribution in [-0.2, 0) is 4.74 Å². The van der Waals surface area contributed by atoms with Crippen LogP contribution in [0.5, 0.6) is 0 Å². The molecule has 0 spiro atoms. The smallest absolute Gasteiger partial charge is 0.269 e. The SMILES string of the molecule is O=[N+]([O-])c1ccccc1.OC1COC1O. The molecular formula is C9H11NO5. The molecule has 2 N–H and O–H groups in total. The van der Waals surface area contributed by atoms with Crippen molar-refractivity contribution in [2.24, 2.45) is 0 Å². The summed E-state index contributed by atoms with van der Waals surface area (Å²) in [5.74, 6) is 0. The Labute approximate surface area is 85.9 Å². The van der Waals surface area contributed by atoms with Gasteiger partial charge < -0.3 is 14.9 Å². The van der Waals surface area contributed by atoms with Gasteiger partial charge in [-0.25, -0.2) is 0 Å². The fourth-order valence-corrected chi connectivity index (χ4v) is 0.818. The Morgan fingerprint density at radius 1 is 1.33 bits per heavy atom. The summed E-state index contributed by atoms with van der Waals surface area (Å²) in [5.41, 5.74) is 0.137. The van der Waals surface area contributed by atoms with Crippen molar-refractivity contribution in [3.63, 3.8) is 0 Å². The third-order valence-corrected chi connectivity index (χ3v) is 1.73. The molecule has 0 bridgehead atoms. The molecule has 1 aliphatic rings. The van der Waals surface area contributed by atoms with Crippen LogP contribution in [-0.4, -0.2) is 34.1 Å². The van der Waals surface area contributed by atoms with Crippen molar-refractivity contribution >= 4 is 5.69 Å². The van der Waals surface area contributed by atoms with Gasteiger partial charge in [-0.1, -0.05) is 18.2 Å². The number of non-ortho nitro benzene ring substituents is 1. The molecule has 2 atom stereocenters. The molecule has 2 rings (SSSR count). The first kappa shape index (κ1) is 11.6. The lowest BCUT2D eigenvalue weighted by molar-refractivity contribution is -0.384. The lowest BCUT2D eigenvalue weighted by Gasteiger charge is -2.27. The average molecular weight is 213 g/mol. The Hall–Kier alpha value is -1.50. The number of nitrogens with zero attached hydrogens (tertiary/aromatic N) is 1. The van der Waals surface area contributed by atoms with Gasteiger partial charge in [0.2, 0.25) is 0 Å². The second kappa shape index (κ2) is 5.40. The Morgan fingerprint density at radius 3 is 2.07 bits per heavy atom. The molecule has 2 unspecified atom stereocenters. The molecule has 6 nitrogen and oxygen atoms in total. The Balaban J connectivity index is 0.000000162. The van der Waals surface area contributed by atoms with E-state index in [-0.39, 0.29) is 12.3 Å². The number of rotatable bonds is 1. The van der Waals surface area contributed by atoms with Crippen molar-refractivity contribution in [2.75, 3.05) is 6.61 Å². The fraction of sp³-hybridized carbons (Fsp3) is 0.333. The van der Waals surface area contributed by atoms with E-state index in [1.165, 1.54) is 12.1 Å². The molecule has 1 fully saturated rings. The predicted molar refractivity (Wildman–Crippen MR) is 51.1 cm³/mol. The highest BCUT2D eigenvalue weighted by atomic mass is 16.7. The zero-order chi connectivity index (χ0) is 11.3. The van der Waals surface area contributed by atoms with Crippen molar-refractivity contribution in [1.82, 2.24) is 0 Å². The van der Waals surface area contributed by atoms with Gasteiger partial charge in [-0.3, -0.25) is 10.1 Å². The number of hydrogen-bond donors (Lipinski definition) is 2. The third kappa shape index (κ3) is 3.62. The highest BCUT2D eigenvalue weighted by Gasteiger charge is 2.26. The Morgan fingerprint density at radius 2 is 1.87 bits per heavy atom. The topological polar surface area (TPSA) is 92.8 Å². The van der Waals surface area contributed by atoms with E-state index < -0.39 is 17.3 Å². The number of ether oxygens (including phenoxy) is 1. The van der Waals surface area contributed by atoms with E-state index in [4.69, 9.17) is 10.2 Å². The number of aliphatic hydroxyl groups excluding tert-OH is 2. The van der Waals surface area contributed by atoms with E-state index in [9.17, 15) is 10.1 Å². The molecule has 15 heavy (non-hydrogen) atoms. The predicted octanol–water partition coefficient (Wildman–Crippen LogP) is 0.291. The van der Waals surface area contributed by atoms with Crippen LogP contribution in [0.3, 0.4) is 0 Å². The van der Waals surface area contributed by atoms with Crippen molar-refractivity contribution in [3.05, 3.63) is 40.4 Å². The molecular weight excluding hydrogens is 202 g/mol. The van der Waals surface area contributed by atoms with Gasteiger partial charge in [-0.15, -0.1) is 0 Å². The first-order valence-electron chi connectivity index (χ1n) is 4.28. The minimum atomic E-state index is -0.912. The van der Waals surface area contributed by atoms with Crippen molar-refractivity contribution in [1.29, 1.82) is 0 Å². The van der Waals surface area contributed by atoms with Crippen LogP contribution in [0.25, 0.3) is 0 Å². The third-order valence-electron chi connectivity index (χ3n) is 1.73.